The molecule has 1 aromatic rings. The van der Waals surface area contributed by atoms with E-state index in [-0.39, 0.29) is 26.2 Å². The first-order valence-corrected chi connectivity index (χ1v) is 7.39. The van der Waals surface area contributed by atoms with Crippen molar-refractivity contribution >= 4 is 23.4 Å². The molecule has 4 N–H and O–H groups in total. The van der Waals surface area contributed by atoms with Crippen LogP contribution < -0.4 is 16.4 Å². The monoisotopic (exact) mass is 360 g/mol. The van der Waals surface area contributed by atoms with Gasteiger partial charge in [0.25, 0.3) is 0 Å². The van der Waals surface area contributed by atoms with Gasteiger partial charge in [-0.1, -0.05) is 12.1 Å². The molecule has 138 valence electrons. The molecule has 0 aliphatic rings. The minimum atomic E-state index is -4.94. The molecule has 0 aromatic heterocycles. The van der Waals surface area contributed by atoms with Crippen molar-refractivity contribution in [2.24, 2.45) is 5.73 Å². The summed E-state index contributed by atoms with van der Waals surface area (Å²) in [5, 5.41) is 4.78. The summed E-state index contributed by atoms with van der Waals surface area (Å²) in [7, 11) is 0. The highest BCUT2D eigenvalue weighted by atomic mass is 19.4. The van der Waals surface area contributed by atoms with Gasteiger partial charge >= 0.3 is 12.1 Å². The number of hydrogen-bond acceptors (Lipinski definition) is 4. The van der Waals surface area contributed by atoms with Gasteiger partial charge in [0, 0.05) is 18.8 Å². The molecule has 0 aliphatic carbocycles. The molecule has 0 spiro atoms. The first kappa shape index (κ1) is 20.4. The molecular formula is C15H19F3N4O3. The van der Waals surface area contributed by atoms with E-state index < -0.39 is 23.9 Å². The van der Waals surface area contributed by atoms with Crippen LogP contribution in [-0.4, -0.2) is 48.4 Å². The Bertz CT molecular complexity index is 635. The van der Waals surface area contributed by atoms with Crippen LogP contribution in [-0.2, 0) is 20.9 Å². The van der Waals surface area contributed by atoms with Gasteiger partial charge in [-0.05, 0) is 24.6 Å². The Morgan fingerprint density at radius 3 is 2.44 bits per heavy atom. The number of hydrogen-bond donors (Lipinski definition) is 3. The highest BCUT2D eigenvalue weighted by molar-refractivity contribution is 5.94. The second-order valence-electron chi connectivity index (χ2n) is 5.05. The Kier molecular flexibility index (Phi) is 7.37. The van der Waals surface area contributed by atoms with Crippen molar-refractivity contribution in [3.63, 3.8) is 0 Å². The molecule has 0 atom stereocenters. The SMILES string of the molecule is CCN(Cc1cccc(NC(=O)CNC(=O)CN)c1)C(=O)C(F)(F)F. The fraction of sp³-hybridized carbons (Fsp3) is 0.400. The lowest BCUT2D eigenvalue weighted by atomic mass is 10.2. The summed E-state index contributed by atoms with van der Waals surface area (Å²) in [6, 6.07) is 6.07. The Labute approximate surface area is 142 Å². The van der Waals surface area contributed by atoms with Gasteiger partial charge in [-0.15, -0.1) is 0 Å². The molecular weight excluding hydrogens is 341 g/mol. The van der Waals surface area contributed by atoms with Crippen LogP contribution in [0, 0.1) is 0 Å². The summed E-state index contributed by atoms with van der Waals surface area (Å²) in [4.78, 5) is 34.6. The van der Waals surface area contributed by atoms with Crippen molar-refractivity contribution in [2.45, 2.75) is 19.6 Å². The summed E-state index contributed by atoms with van der Waals surface area (Å²) in [6.45, 7) is 0.550. The number of alkyl halides is 3. The van der Waals surface area contributed by atoms with Crippen LogP contribution in [0.25, 0.3) is 0 Å². The maximum atomic E-state index is 12.5. The van der Waals surface area contributed by atoms with E-state index in [9.17, 15) is 27.6 Å². The van der Waals surface area contributed by atoms with E-state index in [1.54, 1.807) is 0 Å². The second-order valence-corrected chi connectivity index (χ2v) is 5.05. The Morgan fingerprint density at radius 1 is 1.20 bits per heavy atom. The van der Waals surface area contributed by atoms with E-state index in [1.807, 2.05) is 0 Å². The van der Waals surface area contributed by atoms with E-state index in [1.165, 1.54) is 31.2 Å². The number of nitrogens with one attached hydrogen (secondary N) is 2. The van der Waals surface area contributed by atoms with Crippen molar-refractivity contribution in [1.29, 1.82) is 0 Å². The maximum Gasteiger partial charge on any atom is 0.471 e. The Morgan fingerprint density at radius 2 is 1.88 bits per heavy atom. The lowest BCUT2D eigenvalue weighted by molar-refractivity contribution is -0.185. The van der Waals surface area contributed by atoms with Crippen molar-refractivity contribution < 1.29 is 27.6 Å². The number of anilines is 1. The molecule has 0 radical (unpaired) electrons. The molecule has 1 aromatic carbocycles. The number of nitrogens with two attached hydrogens (primary N) is 1. The summed E-state index contributed by atoms with van der Waals surface area (Å²) in [5.74, 6) is -2.93. The molecule has 1 rings (SSSR count). The van der Waals surface area contributed by atoms with Crippen LogP contribution in [0.3, 0.4) is 0 Å². The average Bonchev–Trinajstić information content (AvgIpc) is 2.56. The number of carbonyl (C=O) groups is 3. The van der Waals surface area contributed by atoms with Gasteiger partial charge < -0.3 is 21.3 Å². The van der Waals surface area contributed by atoms with Crippen LogP contribution >= 0.6 is 0 Å². The summed E-state index contributed by atoms with van der Waals surface area (Å²) in [5.41, 5.74) is 5.84. The van der Waals surface area contributed by atoms with Crippen molar-refractivity contribution in [3.05, 3.63) is 29.8 Å². The van der Waals surface area contributed by atoms with Crippen LogP contribution in [0.1, 0.15) is 12.5 Å². The van der Waals surface area contributed by atoms with Gasteiger partial charge in [-0.25, -0.2) is 0 Å². The molecule has 0 heterocycles. The molecule has 0 bridgehead atoms. The number of benzene rings is 1. The molecule has 0 aliphatic heterocycles. The molecule has 0 saturated heterocycles. The van der Waals surface area contributed by atoms with E-state index in [0.717, 1.165) is 0 Å². The zero-order valence-corrected chi connectivity index (χ0v) is 13.5. The molecule has 25 heavy (non-hydrogen) atoms. The minimum absolute atomic E-state index is 0.111. The number of halogens is 3. The summed E-state index contributed by atoms with van der Waals surface area (Å²) < 4.78 is 37.6. The quantitative estimate of drug-likeness (QED) is 0.663. The molecule has 10 heteroatoms. The highest BCUT2D eigenvalue weighted by Gasteiger charge is 2.41. The fourth-order valence-corrected chi connectivity index (χ4v) is 1.93. The van der Waals surface area contributed by atoms with Crippen molar-refractivity contribution in [2.75, 3.05) is 25.0 Å². The van der Waals surface area contributed by atoms with E-state index in [4.69, 9.17) is 5.73 Å². The van der Waals surface area contributed by atoms with Gasteiger partial charge in [0.2, 0.25) is 11.8 Å². The molecule has 7 nitrogen and oxygen atoms in total. The van der Waals surface area contributed by atoms with Gasteiger partial charge in [-0.2, -0.15) is 13.2 Å². The first-order chi connectivity index (χ1) is 11.7. The third kappa shape index (κ3) is 6.79. The van der Waals surface area contributed by atoms with Gasteiger partial charge in [0.05, 0.1) is 13.1 Å². The second kappa shape index (κ2) is 9.02. The zero-order valence-electron chi connectivity index (χ0n) is 13.5. The lowest BCUT2D eigenvalue weighted by Crippen LogP contribution is -2.40. The highest BCUT2D eigenvalue weighted by Crippen LogP contribution is 2.20. The average molecular weight is 360 g/mol. The standard InChI is InChI=1S/C15H19F3N4O3/c1-2-22(14(25)15(16,17)18)9-10-4-3-5-11(6-10)21-13(24)8-20-12(23)7-19/h3-6H,2,7-9,19H2,1H3,(H,20,23)(H,21,24). The van der Waals surface area contributed by atoms with Gasteiger partial charge in [-0.3, -0.25) is 14.4 Å². The van der Waals surface area contributed by atoms with Crippen LogP contribution in [0.5, 0.6) is 0 Å². The predicted octanol–water partition coefficient (Wildman–Crippen LogP) is 0.611. The van der Waals surface area contributed by atoms with E-state index >= 15 is 0 Å². The predicted molar refractivity (Wildman–Crippen MR) is 84.3 cm³/mol. The van der Waals surface area contributed by atoms with Crippen LogP contribution in [0.15, 0.2) is 24.3 Å². The molecule has 0 unspecified atom stereocenters. The molecule has 0 saturated carbocycles. The van der Waals surface area contributed by atoms with Gasteiger partial charge in [0.1, 0.15) is 0 Å². The summed E-state index contributed by atoms with van der Waals surface area (Å²) in [6.07, 6.45) is -4.94. The zero-order chi connectivity index (χ0) is 19.0. The fourth-order valence-electron chi connectivity index (χ4n) is 1.93. The number of nitrogens with zero attached hydrogens (tertiary/aromatic N) is 1. The molecule has 0 fully saturated rings. The number of carbonyl (C=O) groups excluding carboxylic acids is 3. The number of amides is 3. The van der Waals surface area contributed by atoms with Crippen molar-refractivity contribution in [3.8, 4) is 0 Å². The number of rotatable bonds is 7. The normalized spacial score (nSPS) is 10.9. The Balaban J connectivity index is 2.72. The smallest absolute Gasteiger partial charge is 0.346 e. The largest absolute Gasteiger partial charge is 0.471 e. The maximum absolute atomic E-state index is 12.5. The minimum Gasteiger partial charge on any atom is -0.346 e. The van der Waals surface area contributed by atoms with Crippen LogP contribution in [0.4, 0.5) is 18.9 Å². The topological polar surface area (TPSA) is 105 Å². The van der Waals surface area contributed by atoms with E-state index in [2.05, 4.69) is 10.6 Å². The third-order valence-electron chi connectivity index (χ3n) is 3.13. The first-order valence-electron chi connectivity index (χ1n) is 7.39. The van der Waals surface area contributed by atoms with Crippen LogP contribution in [0.2, 0.25) is 0 Å². The Hall–Kier alpha value is -2.62. The molecule has 3 amide bonds. The van der Waals surface area contributed by atoms with E-state index in [0.29, 0.717) is 16.2 Å². The third-order valence-corrected chi connectivity index (χ3v) is 3.13. The lowest BCUT2D eigenvalue weighted by Gasteiger charge is -2.22. The van der Waals surface area contributed by atoms with Gasteiger partial charge in [0.15, 0.2) is 0 Å². The summed E-state index contributed by atoms with van der Waals surface area (Å²) >= 11 is 0. The van der Waals surface area contributed by atoms with Crippen molar-refractivity contribution in [1.82, 2.24) is 10.2 Å².